The standard InChI is InChI=1S/C14H24N4OS.HI/c1-11-4-5-13(20-11)12(10-17-14(15-2)16-3)18-6-8-19-9-7-18;/h4-5,12H,6-10H2,1-3H3,(H2,15,16,17);1H. The molecule has 2 heterocycles. The van der Waals surface area contributed by atoms with Crippen LogP contribution in [0.1, 0.15) is 15.8 Å². The summed E-state index contributed by atoms with van der Waals surface area (Å²) in [6.45, 7) is 6.63. The Morgan fingerprint density at radius 2 is 2.14 bits per heavy atom. The van der Waals surface area contributed by atoms with Crippen molar-refractivity contribution in [1.82, 2.24) is 15.5 Å². The molecule has 1 fully saturated rings. The van der Waals surface area contributed by atoms with Crippen LogP contribution in [0.2, 0.25) is 0 Å². The van der Waals surface area contributed by atoms with Crippen LogP contribution in [-0.4, -0.2) is 57.8 Å². The van der Waals surface area contributed by atoms with E-state index in [2.05, 4.69) is 39.6 Å². The number of ether oxygens (including phenoxy) is 1. The Labute approximate surface area is 148 Å². The Hall–Kier alpha value is -0.380. The number of rotatable bonds is 4. The van der Waals surface area contributed by atoms with Crippen molar-refractivity contribution in [2.24, 2.45) is 4.99 Å². The number of nitrogens with one attached hydrogen (secondary N) is 2. The number of morpholine rings is 1. The second-order valence-electron chi connectivity index (χ2n) is 4.82. The van der Waals surface area contributed by atoms with Gasteiger partial charge < -0.3 is 15.4 Å². The summed E-state index contributed by atoms with van der Waals surface area (Å²) in [5.41, 5.74) is 0. The number of hydrogen-bond acceptors (Lipinski definition) is 4. The maximum atomic E-state index is 5.46. The molecule has 21 heavy (non-hydrogen) atoms. The van der Waals surface area contributed by atoms with E-state index in [0.717, 1.165) is 38.8 Å². The van der Waals surface area contributed by atoms with E-state index < -0.39 is 0 Å². The molecule has 0 aromatic carbocycles. The molecule has 1 unspecified atom stereocenters. The summed E-state index contributed by atoms with van der Waals surface area (Å²) in [6, 6.07) is 4.81. The topological polar surface area (TPSA) is 48.9 Å². The molecule has 0 amide bonds. The van der Waals surface area contributed by atoms with Crippen LogP contribution in [0.5, 0.6) is 0 Å². The molecule has 1 aromatic heterocycles. The highest BCUT2D eigenvalue weighted by atomic mass is 127. The zero-order valence-electron chi connectivity index (χ0n) is 12.9. The number of guanidine groups is 1. The lowest BCUT2D eigenvalue weighted by molar-refractivity contribution is 0.0177. The van der Waals surface area contributed by atoms with Gasteiger partial charge in [0.05, 0.1) is 19.3 Å². The van der Waals surface area contributed by atoms with E-state index in [0.29, 0.717) is 6.04 Å². The van der Waals surface area contributed by atoms with Crippen LogP contribution < -0.4 is 10.6 Å². The van der Waals surface area contributed by atoms with E-state index in [9.17, 15) is 0 Å². The van der Waals surface area contributed by atoms with Gasteiger partial charge in [0.15, 0.2) is 5.96 Å². The summed E-state index contributed by atoms with van der Waals surface area (Å²) in [6.07, 6.45) is 0. The third kappa shape index (κ3) is 5.39. The fraction of sp³-hybridized carbons (Fsp3) is 0.643. The number of thiophene rings is 1. The maximum absolute atomic E-state index is 5.46. The highest BCUT2D eigenvalue weighted by molar-refractivity contribution is 14.0. The molecule has 120 valence electrons. The van der Waals surface area contributed by atoms with Gasteiger partial charge in [0.1, 0.15) is 0 Å². The predicted molar refractivity (Wildman–Crippen MR) is 100 cm³/mol. The number of nitrogens with zero attached hydrogens (tertiary/aromatic N) is 2. The number of aryl methyl sites for hydroxylation is 1. The maximum Gasteiger partial charge on any atom is 0.190 e. The van der Waals surface area contributed by atoms with Crippen LogP contribution in [0.4, 0.5) is 0 Å². The molecule has 0 aliphatic carbocycles. The minimum absolute atomic E-state index is 0. The molecule has 0 saturated carbocycles. The molecule has 2 rings (SSSR count). The zero-order chi connectivity index (χ0) is 14.4. The van der Waals surface area contributed by atoms with Crippen molar-refractivity contribution < 1.29 is 4.74 Å². The van der Waals surface area contributed by atoms with Crippen LogP contribution in [0.3, 0.4) is 0 Å². The number of halogens is 1. The molecule has 1 aromatic rings. The molecule has 5 nitrogen and oxygen atoms in total. The van der Waals surface area contributed by atoms with Gasteiger partial charge in [-0.1, -0.05) is 0 Å². The fourth-order valence-corrected chi connectivity index (χ4v) is 3.42. The highest BCUT2D eigenvalue weighted by Gasteiger charge is 2.23. The summed E-state index contributed by atoms with van der Waals surface area (Å²) in [4.78, 5) is 9.43. The first kappa shape index (κ1) is 18.7. The molecular weight excluding hydrogens is 399 g/mol. The zero-order valence-corrected chi connectivity index (χ0v) is 16.0. The number of aliphatic imine (C=N–C) groups is 1. The van der Waals surface area contributed by atoms with Crippen LogP contribution >= 0.6 is 35.3 Å². The minimum Gasteiger partial charge on any atom is -0.379 e. The Morgan fingerprint density at radius 3 is 2.67 bits per heavy atom. The Kier molecular flexibility index (Phi) is 8.53. The van der Waals surface area contributed by atoms with Gasteiger partial charge in [-0.05, 0) is 19.1 Å². The molecule has 7 heteroatoms. The Bertz CT molecular complexity index is 446. The van der Waals surface area contributed by atoms with Crippen molar-refractivity contribution in [1.29, 1.82) is 0 Å². The van der Waals surface area contributed by atoms with Crippen LogP contribution in [0.15, 0.2) is 17.1 Å². The first-order valence-corrected chi connectivity index (χ1v) is 7.82. The Morgan fingerprint density at radius 1 is 1.43 bits per heavy atom. The second-order valence-corrected chi connectivity index (χ2v) is 6.14. The van der Waals surface area contributed by atoms with Gasteiger partial charge in [-0.2, -0.15) is 0 Å². The van der Waals surface area contributed by atoms with Crippen molar-refractivity contribution in [3.63, 3.8) is 0 Å². The van der Waals surface area contributed by atoms with Crippen LogP contribution in [0, 0.1) is 6.92 Å². The van der Waals surface area contributed by atoms with Gasteiger partial charge in [-0.3, -0.25) is 9.89 Å². The molecule has 0 radical (unpaired) electrons. The molecule has 0 bridgehead atoms. The lowest BCUT2D eigenvalue weighted by atomic mass is 10.2. The largest absolute Gasteiger partial charge is 0.379 e. The first-order chi connectivity index (χ1) is 9.74. The SMILES string of the molecule is CN=C(NC)NCC(c1ccc(C)s1)N1CCOCC1.I. The van der Waals surface area contributed by atoms with Gasteiger partial charge in [-0.15, -0.1) is 35.3 Å². The van der Waals surface area contributed by atoms with Crippen LogP contribution in [0.25, 0.3) is 0 Å². The molecule has 1 aliphatic heterocycles. The van der Waals surface area contributed by atoms with Crippen molar-refractivity contribution in [2.45, 2.75) is 13.0 Å². The van der Waals surface area contributed by atoms with Crippen molar-refractivity contribution >= 4 is 41.3 Å². The van der Waals surface area contributed by atoms with Gasteiger partial charge in [0, 0.05) is 43.5 Å². The molecule has 1 aliphatic rings. The van der Waals surface area contributed by atoms with Gasteiger partial charge in [-0.25, -0.2) is 0 Å². The van der Waals surface area contributed by atoms with Gasteiger partial charge >= 0.3 is 0 Å². The quantitative estimate of drug-likeness (QED) is 0.440. The highest BCUT2D eigenvalue weighted by Crippen LogP contribution is 2.27. The van der Waals surface area contributed by atoms with E-state index >= 15 is 0 Å². The van der Waals surface area contributed by atoms with Crippen molar-refractivity contribution in [2.75, 3.05) is 46.9 Å². The third-order valence-electron chi connectivity index (χ3n) is 3.50. The third-order valence-corrected chi connectivity index (χ3v) is 4.60. The minimum atomic E-state index is 0. The van der Waals surface area contributed by atoms with E-state index in [1.165, 1.54) is 9.75 Å². The fourth-order valence-electron chi connectivity index (χ4n) is 2.40. The average Bonchev–Trinajstić information content (AvgIpc) is 2.91. The molecule has 2 N–H and O–H groups in total. The Balaban J connectivity index is 0.00000220. The van der Waals surface area contributed by atoms with E-state index in [-0.39, 0.29) is 24.0 Å². The molecular formula is C14H25IN4OS. The van der Waals surface area contributed by atoms with Gasteiger partial charge in [0.25, 0.3) is 0 Å². The average molecular weight is 424 g/mol. The molecule has 1 saturated heterocycles. The first-order valence-electron chi connectivity index (χ1n) is 7.01. The number of hydrogen-bond donors (Lipinski definition) is 2. The smallest absolute Gasteiger partial charge is 0.190 e. The van der Waals surface area contributed by atoms with Crippen LogP contribution in [-0.2, 0) is 4.74 Å². The normalized spacial score (nSPS) is 18.0. The summed E-state index contributed by atoms with van der Waals surface area (Å²) >= 11 is 1.87. The lowest BCUT2D eigenvalue weighted by Gasteiger charge is -2.34. The van der Waals surface area contributed by atoms with E-state index in [1.54, 1.807) is 7.05 Å². The van der Waals surface area contributed by atoms with Gasteiger partial charge in [0.2, 0.25) is 0 Å². The molecule has 0 spiro atoms. The second kappa shape index (κ2) is 9.60. The molecule has 1 atom stereocenters. The summed E-state index contributed by atoms with van der Waals surface area (Å²) in [5, 5.41) is 6.45. The monoisotopic (exact) mass is 424 g/mol. The summed E-state index contributed by atoms with van der Waals surface area (Å²) in [7, 11) is 3.67. The lowest BCUT2D eigenvalue weighted by Crippen LogP contribution is -2.45. The van der Waals surface area contributed by atoms with E-state index in [1.807, 2.05) is 18.4 Å². The van der Waals surface area contributed by atoms with Crippen molar-refractivity contribution in [3.8, 4) is 0 Å². The summed E-state index contributed by atoms with van der Waals surface area (Å²) in [5.74, 6) is 0.830. The predicted octanol–water partition coefficient (Wildman–Crippen LogP) is 1.84. The summed E-state index contributed by atoms with van der Waals surface area (Å²) < 4.78 is 5.46. The van der Waals surface area contributed by atoms with E-state index in [4.69, 9.17) is 4.74 Å². The van der Waals surface area contributed by atoms with Crippen molar-refractivity contribution in [3.05, 3.63) is 21.9 Å².